The topological polar surface area (TPSA) is 52.7 Å². The summed E-state index contributed by atoms with van der Waals surface area (Å²) in [5.41, 5.74) is 4.05. The third-order valence-electron chi connectivity index (χ3n) is 6.53. The van der Waals surface area contributed by atoms with E-state index >= 15 is 0 Å². The molecule has 4 rings (SSSR count). The highest BCUT2D eigenvalue weighted by atomic mass is 16.2. The van der Waals surface area contributed by atoms with Gasteiger partial charge in [-0.15, -0.1) is 0 Å². The second-order valence-corrected chi connectivity index (χ2v) is 9.54. The fourth-order valence-electron chi connectivity index (χ4n) is 4.32. The van der Waals surface area contributed by atoms with E-state index in [0.29, 0.717) is 12.5 Å². The van der Waals surface area contributed by atoms with Gasteiger partial charge in [-0.25, -0.2) is 0 Å². The first-order valence-electron chi connectivity index (χ1n) is 11.9. The van der Waals surface area contributed by atoms with E-state index in [9.17, 15) is 9.59 Å². The van der Waals surface area contributed by atoms with Crippen LogP contribution in [0.25, 0.3) is 0 Å². The molecule has 2 aliphatic carbocycles. The van der Waals surface area contributed by atoms with E-state index in [1.807, 2.05) is 55.4 Å². The summed E-state index contributed by atoms with van der Waals surface area (Å²) in [6.45, 7) is 3.44. The van der Waals surface area contributed by atoms with E-state index < -0.39 is 0 Å². The summed E-state index contributed by atoms with van der Waals surface area (Å²) in [5.74, 6) is 0.941. The number of nitrogens with zero attached hydrogens (tertiary/aromatic N) is 2. The van der Waals surface area contributed by atoms with E-state index in [-0.39, 0.29) is 23.7 Å². The molecule has 170 valence electrons. The normalized spacial score (nSPS) is 16.3. The van der Waals surface area contributed by atoms with Crippen LogP contribution in [0, 0.1) is 11.8 Å². The number of hydrogen-bond acceptors (Lipinski definition) is 3. The zero-order valence-electron chi connectivity index (χ0n) is 19.5. The van der Waals surface area contributed by atoms with Crippen LogP contribution in [0.1, 0.15) is 56.1 Å². The highest BCUT2D eigenvalue weighted by Gasteiger charge is 2.32. The number of carbonyl (C=O) groups excluding carboxylic acids is 2. The monoisotopic (exact) mass is 433 g/mol. The molecule has 0 aliphatic heterocycles. The predicted octanol–water partition coefficient (Wildman–Crippen LogP) is 5.03. The van der Waals surface area contributed by atoms with Gasteiger partial charge in [0.1, 0.15) is 0 Å². The molecule has 2 fully saturated rings. The Morgan fingerprint density at radius 1 is 1.03 bits per heavy atom. The Morgan fingerprint density at radius 3 is 2.34 bits per heavy atom. The van der Waals surface area contributed by atoms with Gasteiger partial charge in [0.25, 0.3) is 0 Å². The Bertz CT molecular complexity index is 949. The van der Waals surface area contributed by atoms with E-state index in [4.69, 9.17) is 0 Å². The third-order valence-corrected chi connectivity index (χ3v) is 6.53. The lowest BCUT2D eigenvalue weighted by atomic mass is 9.94. The molecule has 0 saturated heterocycles. The summed E-state index contributed by atoms with van der Waals surface area (Å²) in [4.78, 5) is 30.1. The maximum absolute atomic E-state index is 13.7. The molecule has 0 spiro atoms. The summed E-state index contributed by atoms with van der Waals surface area (Å²) in [5, 5.41) is 3.06. The van der Waals surface area contributed by atoms with Crippen LogP contribution in [0.3, 0.4) is 0 Å². The zero-order chi connectivity index (χ0) is 22.7. The van der Waals surface area contributed by atoms with E-state index in [2.05, 4.69) is 29.3 Å². The number of hydrogen-bond donors (Lipinski definition) is 1. The van der Waals surface area contributed by atoms with Crippen LogP contribution in [-0.4, -0.2) is 37.4 Å². The fraction of sp³-hybridized carbons (Fsp3) is 0.481. The minimum absolute atomic E-state index is 0.106. The predicted molar refractivity (Wildman–Crippen MR) is 130 cm³/mol. The highest BCUT2D eigenvalue weighted by molar-refractivity contribution is 5.94. The molecule has 1 atom stereocenters. The van der Waals surface area contributed by atoms with Gasteiger partial charge in [0.2, 0.25) is 11.8 Å². The molecule has 0 radical (unpaired) electrons. The molecule has 0 heterocycles. The fourth-order valence-corrected chi connectivity index (χ4v) is 4.32. The Morgan fingerprint density at radius 2 is 1.75 bits per heavy atom. The Kier molecular flexibility index (Phi) is 6.83. The molecule has 1 N–H and O–H groups in total. The molecule has 2 saturated carbocycles. The average Bonchev–Trinajstić information content (AvgIpc) is 3.69. The molecule has 2 amide bonds. The maximum Gasteiger partial charge on any atom is 0.230 e. The molecule has 5 nitrogen and oxygen atoms in total. The molecule has 5 heteroatoms. The molecule has 32 heavy (non-hydrogen) atoms. The minimum Gasteiger partial charge on any atom is -0.377 e. The Labute approximate surface area is 191 Å². The summed E-state index contributed by atoms with van der Waals surface area (Å²) in [6.07, 6.45) is 5.14. The molecule has 2 aromatic rings. The van der Waals surface area contributed by atoms with Crippen LogP contribution >= 0.6 is 0 Å². The van der Waals surface area contributed by atoms with Crippen molar-refractivity contribution in [1.29, 1.82) is 0 Å². The van der Waals surface area contributed by atoms with Gasteiger partial charge in [0.05, 0.1) is 5.92 Å². The van der Waals surface area contributed by atoms with Crippen LogP contribution in [0.5, 0.6) is 0 Å². The quantitative estimate of drug-likeness (QED) is 0.571. The zero-order valence-corrected chi connectivity index (χ0v) is 19.5. The number of benzene rings is 2. The number of rotatable bonds is 10. The Hall–Kier alpha value is -2.82. The summed E-state index contributed by atoms with van der Waals surface area (Å²) >= 11 is 0. The highest BCUT2D eigenvalue weighted by Crippen LogP contribution is 2.34. The van der Waals surface area contributed by atoms with Crippen LogP contribution < -0.4 is 10.2 Å². The molecule has 0 unspecified atom stereocenters. The lowest BCUT2D eigenvalue weighted by molar-refractivity contribution is -0.133. The van der Waals surface area contributed by atoms with Crippen molar-refractivity contribution in [3.63, 3.8) is 0 Å². The van der Waals surface area contributed by atoms with Crippen molar-refractivity contribution >= 4 is 23.2 Å². The molecular formula is C27H35N3O2. The van der Waals surface area contributed by atoms with Crippen molar-refractivity contribution in [3.8, 4) is 0 Å². The van der Waals surface area contributed by atoms with Crippen molar-refractivity contribution in [1.82, 2.24) is 4.90 Å². The lowest BCUT2D eigenvalue weighted by Crippen LogP contribution is -2.36. The lowest BCUT2D eigenvalue weighted by Gasteiger charge is -2.29. The number of amides is 2. The van der Waals surface area contributed by atoms with Crippen molar-refractivity contribution in [2.75, 3.05) is 30.9 Å². The summed E-state index contributed by atoms with van der Waals surface area (Å²) in [6, 6.07) is 16.2. The maximum atomic E-state index is 13.7. The second kappa shape index (κ2) is 9.76. The van der Waals surface area contributed by atoms with Gasteiger partial charge < -0.3 is 15.1 Å². The van der Waals surface area contributed by atoms with Gasteiger partial charge >= 0.3 is 0 Å². The van der Waals surface area contributed by atoms with Crippen LogP contribution in [0.15, 0.2) is 48.5 Å². The van der Waals surface area contributed by atoms with Gasteiger partial charge in [0.15, 0.2) is 0 Å². The second-order valence-electron chi connectivity index (χ2n) is 9.54. The van der Waals surface area contributed by atoms with Crippen molar-refractivity contribution in [3.05, 3.63) is 59.7 Å². The SMILES string of the molecule is CC[C@H](C(=O)N(Cc1cc(NC(=O)C2CC2)ccc1N(C)C)CC1CC1)c1ccccc1. The average molecular weight is 434 g/mol. The van der Waals surface area contributed by atoms with Crippen LogP contribution in [0.2, 0.25) is 0 Å². The van der Waals surface area contributed by atoms with E-state index in [1.165, 1.54) is 12.8 Å². The van der Waals surface area contributed by atoms with Gasteiger partial charge in [0, 0.05) is 44.5 Å². The van der Waals surface area contributed by atoms with Crippen molar-refractivity contribution < 1.29 is 9.59 Å². The van der Waals surface area contributed by atoms with E-state index in [0.717, 1.165) is 48.3 Å². The summed E-state index contributed by atoms with van der Waals surface area (Å²) < 4.78 is 0. The van der Waals surface area contributed by atoms with Crippen LogP contribution in [-0.2, 0) is 16.1 Å². The standard InChI is InChI=1S/C27H35N3O2/c1-4-24(20-8-6-5-7-9-20)27(32)30(17-19-10-11-19)18-22-16-23(14-15-25(22)29(2)3)28-26(31)21-12-13-21/h5-9,14-16,19,21,24H,4,10-13,17-18H2,1-3H3,(H,28,31)/t24-/m0/s1. The first-order chi connectivity index (χ1) is 15.5. The van der Waals surface area contributed by atoms with Gasteiger partial charge in [-0.1, -0.05) is 37.3 Å². The number of carbonyl (C=O) groups is 2. The van der Waals surface area contributed by atoms with Crippen LogP contribution in [0.4, 0.5) is 11.4 Å². The van der Waals surface area contributed by atoms with Gasteiger partial charge in [-0.05, 0) is 67.3 Å². The van der Waals surface area contributed by atoms with E-state index in [1.54, 1.807) is 0 Å². The van der Waals surface area contributed by atoms with Crippen molar-refractivity contribution in [2.24, 2.45) is 11.8 Å². The largest absolute Gasteiger partial charge is 0.377 e. The third kappa shape index (κ3) is 5.50. The molecular weight excluding hydrogens is 398 g/mol. The van der Waals surface area contributed by atoms with Crippen molar-refractivity contribution in [2.45, 2.75) is 51.5 Å². The molecule has 2 aromatic carbocycles. The van der Waals surface area contributed by atoms with Gasteiger partial charge in [-0.2, -0.15) is 0 Å². The number of nitrogens with one attached hydrogen (secondary N) is 1. The molecule has 0 aromatic heterocycles. The first-order valence-corrected chi connectivity index (χ1v) is 11.9. The number of anilines is 2. The summed E-state index contributed by atoms with van der Waals surface area (Å²) in [7, 11) is 4.04. The first kappa shape index (κ1) is 22.4. The molecule has 2 aliphatic rings. The molecule has 0 bridgehead atoms. The van der Waals surface area contributed by atoms with Gasteiger partial charge in [-0.3, -0.25) is 9.59 Å². The minimum atomic E-state index is -0.129. The Balaban J connectivity index is 1.59. The smallest absolute Gasteiger partial charge is 0.230 e.